The van der Waals surface area contributed by atoms with E-state index in [4.69, 9.17) is 5.11 Å². The molecule has 0 saturated heterocycles. The molecule has 0 aromatic heterocycles. The van der Waals surface area contributed by atoms with Crippen LogP contribution < -0.4 is 4.90 Å². The van der Waals surface area contributed by atoms with Gasteiger partial charge in [-0.2, -0.15) is 0 Å². The van der Waals surface area contributed by atoms with Crippen LogP contribution in [-0.2, 0) is 4.79 Å². The van der Waals surface area contributed by atoms with Gasteiger partial charge in [-0.25, -0.2) is 4.79 Å². The minimum absolute atomic E-state index is 0.0142. The molecule has 0 aliphatic carbocycles. The van der Waals surface area contributed by atoms with Gasteiger partial charge in [0, 0.05) is 24.7 Å². The number of nitrogens with zero attached hydrogens (tertiary/aromatic N) is 3. The van der Waals surface area contributed by atoms with Gasteiger partial charge in [-0.15, -0.1) is 0 Å². The fourth-order valence-electron chi connectivity index (χ4n) is 2.81. The Bertz CT molecular complexity index is 1030. The van der Waals surface area contributed by atoms with Crippen LogP contribution in [0, 0.1) is 10.1 Å². The number of carboxylic acids is 1. The van der Waals surface area contributed by atoms with E-state index in [9.17, 15) is 29.3 Å². The summed E-state index contributed by atoms with van der Waals surface area (Å²) in [5, 5.41) is 19.9. The maximum Gasteiger partial charge on any atom is 0.335 e. The predicted octanol–water partition coefficient (Wildman–Crippen LogP) is 1.90. The molecule has 28 heavy (non-hydrogen) atoms. The molecule has 0 radical (unpaired) electrons. The van der Waals surface area contributed by atoms with Crippen LogP contribution in [0.3, 0.4) is 0 Å². The molecule has 10 nitrogen and oxygen atoms in total. The summed E-state index contributed by atoms with van der Waals surface area (Å²) in [7, 11) is 0. The van der Waals surface area contributed by atoms with Crippen LogP contribution in [0.2, 0.25) is 0 Å². The van der Waals surface area contributed by atoms with E-state index in [1.807, 2.05) is 0 Å². The number of hydrogen-bond donors (Lipinski definition) is 1. The molecule has 142 valence electrons. The summed E-state index contributed by atoms with van der Waals surface area (Å²) in [4.78, 5) is 60.3. The zero-order chi connectivity index (χ0) is 20.6. The Morgan fingerprint density at radius 3 is 2.21 bits per heavy atom. The third kappa shape index (κ3) is 3.18. The van der Waals surface area contributed by atoms with Crippen LogP contribution in [0.5, 0.6) is 0 Å². The maximum atomic E-state index is 12.6. The standard InChI is InChI=1S/C18H13N3O7/c1-10(22)19(12-4-2-11(3-5-12)18(25)26)9-20-16(23)14-7-6-13(21(27)28)8-15(14)17(20)24/h2-8H,9H2,1H3,(H,25,26). The Morgan fingerprint density at radius 1 is 1.07 bits per heavy atom. The topological polar surface area (TPSA) is 138 Å². The number of benzene rings is 2. The summed E-state index contributed by atoms with van der Waals surface area (Å²) < 4.78 is 0. The molecule has 1 N–H and O–H groups in total. The van der Waals surface area contributed by atoms with Gasteiger partial charge in [0.05, 0.1) is 21.6 Å². The van der Waals surface area contributed by atoms with Gasteiger partial charge in [-0.3, -0.25) is 34.3 Å². The second-order valence-corrected chi connectivity index (χ2v) is 5.97. The lowest BCUT2D eigenvalue weighted by atomic mass is 10.1. The van der Waals surface area contributed by atoms with Gasteiger partial charge in [-0.05, 0) is 30.3 Å². The molecule has 0 fully saturated rings. The van der Waals surface area contributed by atoms with Crippen molar-refractivity contribution in [2.45, 2.75) is 6.92 Å². The van der Waals surface area contributed by atoms with E-state index in [0.717, 1.165) is 21.9 Å². The fourth-order valence-corrected chi connectivity index (χ4v) is 2.81. The first-order valence-electron chi connectivity index (χ1n) is 7.97. The summed E-state index contributed by atoms with van der Waals surface area (Å²) in [6.07, 6.45) is 0. The Kier molecular flexibility index (Phi) is 4.62. The largest absolute Gasteiger partial charge is 0.478 e. The van der Waals surface area contributed by atoms with Crippen molar-refractivity contribution >= 4 is 35.1 Å². The van der Waals surface area contributed by atoms with Crippen LogP contribution >= 0.6 is 0 Å². The first-order valence-corrected chi connectivity index (χ1v) is 7.97. The van der Waals surface area contributed by atoms with Crippen molar-refractivity contribution in [2.75, 3.05) is 11.6 Å². The van der Waals surface area contributed by atoms with Crippen molar-refractivity contribution in [3.05, 3.63) is 69.3 Å². The number of fused-ring (bicyclic) bond motifs is 1. The fraction of sp³-hybridized carbons (Fsp3) is 0.111. The number of carbonyl (C=O) groups excluding carboxylic acids is 3. The van der Waals surface area contributed by atoms with Crippen LogP contribution in [0.4, 0.5) is 11.4 Å². The van der Waals surface area contributed by atoms with E-state index in [2.05, 4.69) is 0 Å². The molecule has 3 rings (SSSR count). The number of hydrogen-bond acceptors (Lipinski definition) is 6. The van der Waals surface area contributed by atoms with E-state index in [1.165, 1.54) is 37.3 Å². The van der Waals surface area contributed by atoms with Crippen molar-refractivity contribution in [3.63, 3.8) is 0 Å². The van der Waals surface area contributed by atoms with Gasteiger partial charge >= 0.3 is 5.97 Å². The highest BCUT2D eigenvalue weighted by Crippen LogP contribution is 2.28. The van der Waals surface area contributed by atoms with Crippen LogP contribution in [-0.4, -0.2) is 45.3 Å². The summed E-state index contributed by atoms with van der Waals surface area (Å²) >= 11 is 0. The highest BCUT2D eigenvalue weighted by atomic mass is 16.6. The lowest BCUT2D eigenvalue weighted by Gasteiger charge is -2.26. The third-order valence-electron chi connectivity index (χ3n) is 4.25. The molecule has 2 aromatic rings. The molecule has 10 heteroatoms. The Balaban J connectivity index is 1.91. The van der Waals surface area contributed by atoms with Crippen LogP contribution in [0.25, 0.3) is 0 Å². The molecule has 3 amide bonds. The van der Waals surface area contributed by atoms with E-state index in [1.54, 1.807) is 0 Å². The van der Waals surface area contributed by atoms with E-state index < -0.39 is 35.3 Å². The number of anilines is 1. The minimum atomic E-state index is -1.14. The van der Waals surface area contributed by atoms with Gasteiger partial charge in [-0.1, -0.05) is 0 Å². The second kappa shape index (κ2) is 6.91. The monoisotopic (exact) mass is 383 g/mol. The van der Waals surface area contributed by atoms with Crippen molar-refractivity contribution < 1.29 is 29.2 Å². The zero-order valence-electron chi connectivity index (χ0n) is 14.5. The predicted molar refractivity (Wildman–Crippen MR) is 95.0 cm³/mol. The molecule has 1 aliphatic rings. The number of nitro benzene ring substituents is 1. The van der Waals surface area contributed by atoms with Gasteiger partial charge in [0.2, 0.25) is 5.91 Å². The number of nitro groups is 1. The van der Waals surface area contributed by atoms with Crippen LogP contribution in [0.15, 0.2) is 42.5 Å². The summed E-state index contributed by atoms with van der Waals surface area (Å²) in [5.41, 5.74) is -0.112. The van der Waals surface area contributed by atoms with E-state index >= 15 is 0 Å². The minimum Gasteiger partial charge on any atom is -0.478 e. The zero-order valence-corrected chi connectivity index (χ0v) is 14.5. The first kappa shape index (κ1) is 18.7. The summed E-state index contributed by atoms with van der Waals surface area (Å²) in [6, 6.07) is 8.70. The molecule has 1 aliphatic heterocycles. The molecule has 0 atom stereocenters. The van der Waals surface area contributed by atoms with Crippen molar-refractivity contribution in [3.8, 4) is 0 Å². The molecule has 2 aromatic carbocycles. The lowest BCUT2D eigenvalue weighted by molar-refractivity contribution is -0.384. The normalized spacial score (nSPS) is 12.7. The number of imide groups is 1. The highest BCUT2D eigenvalue weighted by molar-refractivity contribution is 6.22. The number of non-ortho nitro benzene ring substituents is 1. The quantitative estimate of drug-likeness (QED) is 0.473. The van der Waals surface area contributed by atoms with Gasteiger partial charge < -0.3 is 5.11 Å². The van der Waals surface area contributed by atoms with Crippen molar-refractivity contribution in [1.29, 1.82) is 0 Å². The smallest absolute Gasteiger partial charge is 0.335 e. The number of carboxylic acid groups (broad SMARTS) is 1. The summed E-state index contributed by atoms with van der Waals surface area (Å²) in [6.45, 7) is 0.815. The van der Waals surface area contributed by atoms with Gasteiger partial charge in [0.25, 0.3) is 17.5 Å². The molecule has 0 bridgehead atoms. The van der Waals surface area contributed by atoms with Crippen LogP contribution in [0.1, 0.15) is 38.0 Å². The number of carbonyl (C=O) groups is 4. The lowest BCUT2D eigenvalue weighted by Crippen LogP contribution is -2.43. The molecule has 0 saturated carbocycles. The average Bonchev–Trinajstić information content (AvgIpc) is 2.89. The molecular weight excluding hydrogens is 370 g/mol. The maximum absolute atomic E-state index is 12.6. The molecular formula is C18H13N3O7. The Labute approximate surface area is 157 Å². The SMILES string of the molecule is CC(=O)N(CN1C(=O)c2ccc([N+](=O)[O-])cc2C1=O)c1ccc(C(=O)O)cc1. The summed E-state index contributed by atoms with van der Waals surface area (Å²) in [5.74, 6) is -3.05. The first-order chi connectivity index (χ1) is 13.2. The highest BCUT2D eigenvalue weighted by Gasteiger charge is 2.38. The Hall–Kier alpha value is -4.08. The average molecular weight is 383 g/mol. The van der Waals surface area contributed by atoms with E-state index in [-0.39, 0.29) is 22.4 Å². The molecule has 0 unspecified atom stereocenters. The van der Waals surface area contributed by atoms with Gasteiger partial charge in [0.15, 0.2) is 0 Å². The molecule has 0 spiro atoms. The second-order valence-electron chi connectivity index (χ2n) is 5.97. The number of rotatable bonds is 5. The number of aromatic carboxylic acids is 1. The Morgan fingerprint density at radius 2 is 1.68 bits per heavy atom. The molecule has 1 heterocycles. The van der Waals surface area contributed by atoms with Crippen molar-refractivity contribution in [1.82, 2.24) is 4.90 Å². The van der Waals surface area contributed by atoms with E-state index in [0.29, 0.717) is 5.69 Å². The third-order valence-corrected chi connectivity index (χ3v) is 4.25. The van der Waals surface area contributed by atoms with Gasteiger partial charge in [0.1, 0.15) is 6.67 Å². The van der Waals surface area contributed by atoms with Crippen molar-refractivity contribution in [2.24, 2.45) is 0 Å². The number of amides is 3.